The van der Waals surface area contributed by atoms with Gasteiger partial charge in [0.05, 0.1) is 17.9 Å². The summed E-state index contributed by atoms with van der Waals surface area (Å²) in [4.78, 5) is 13.9. The van der Waals surface area contributed by atoms with E-state index < -0.39 is 10.4 Å². The molecule has 7 heteroatoms. The summed E-state index contributed by atoms with van der Waals surface area (Å²) in [6.45, 7) is 0.0941. The van der Waals surface area contributed by atoms with Crippen LogP contribution in [0.2, 0.25) is 0 Å². The van der Waals surface area contributed by atoms with Crippen LogP contribution in [0.3, 0.4) is 0 Å². The average Bonchev–Trinajstić information content (AvgIpc) is 2.66. The van der Waals surface area contributed by atoms with E-state index in [1.165, 1.54) is 11.0 Å². The van der Waals surface area contributed by atoms with Gasteiger partial charge in [-0.25, -0.2) is 4.31 Å². The van der Waals surface area contributed by atoms with E-state index in [-0.39, 0.29) is 24.6 Å². The molecule has 120 valence electrons. The molecule has 0 fully saturated rings. The predicted molar refractivity (Wildman–Crippen MR) is 86.1 cm³/mol. The van der Waals surface area contributed by atoms with Crippen molar-refractivity contribution in [2.24, 2.45) is 0 Å². The van der Waals surface area contributed by atoms with Gasteiger partial charge in [-0.3, -0.25) is 4.79 Å². The first kappa shape index (κ1) is 15.5. The maximum Gasteiger partial charge on any atom is 0.399 e. The molecule has 3 rings (SSSR count). The fourth-order valence-electron chi connectivity index (χ4n) is 2.66. The van der Waals surface area contributed by atoms with Gasteiger partial charge < -0.3 is 4.90 Å². The summed E-state index contributed by atoms with van der Waals surface area (Å²) in [6.07, 6.45) is -0.0787. The van der Waals surface area contributed by atoms with Gasteiger partial charge in [0.15, 0.2) is 0 Å². The lowest BCUT2D eigenvalue weighted by atomic mass is 10.2. The van der Waals surface area contributed by atoms with Crippen molar-refractivity contribution in [1.29, 1.82) is 0 Å². The smallest absolute Gasteiger partial charge is 0.306 e. The van der Waals surface area contributed by atoms with Crippen molar-refractivity contribution in [3.05, 3.63) is 60.2 Å². The first-order chi connectivity index (χ1) is 11.0. The molecule has 0 radical (unpaired) electrons. The van der Waals surface area contributed by atoms with E-state index in [1.807, 2.05) is 30.3 Å². The van der Waals surface area contributed by atoms with Crippen LogP contribution in [0, 0.1) is 0 Å². The molecule has 0 N–H and O–H groups in total. The zero-order valence-electron chi connectivity index (χ0n) is 12.2. The Bertz CT molecular complexity index is 824. The van der Waals surface area contributed by atoms with Crippen LogP contribution in [0.15, 0.2) is 54.6 Å². The Labute approximate surface area is 134 Å². The zero-order chi connectivity index (χ0) is 16.4. The number of para-hydroxylation sites is 2. The van der Waals surface area contributed by atoms with E-state index in [9.17, 15) is 17.1 Å². The Balaban J connectivity index is 2.06. The number of halogens is 1. The molecule has 2 aromatic rings. The van der Waals surface area contributed by atoms with Crippen LogP contribution in [0.1, 0.15) is 12.0 Å². The molecular formula is C16H15FN2O3S. The monoisotopic (exact) mass is 334 g/mol. The van der Waals surface area contributed by atoms with Crippen LogP contribution in [-0.2, 0) is 21.7 Å². The van der Waals surface area contributed by atoms with Gasteiger partial charge >= 0.3 is 10.4 Å². The number of rotatable bonds is 3. The molecule has 0 saturated heterocycles. The van der Waals surface area contributed by atoms with E-state index in [0.717, 1.165) is 5.56 Å². The highest BCUT2D eigenvalue weighted by Gasteiger charge is 2.32. The second kappa shape index (κ2) is 6.00. The molecule has 0 spiro atoms. The number of hydrogen-bond acceptors (Lipinski definition) is 3. The standard InChI is InChI=1S/C16H15FN2O3S/c17-23(21,22)19-11-10-16(20)18(12-13-6-2-1-3-7-13)14-8-4-5-9-15(14)19/h1-9H,10-12H2. The number of amides is 1. The number of nitrogens with zero attached hydrogens (tertiary/aromatic N) is 2. The van der Waals surface area contributed by atoms with Gasteiger partial charge in [-0.15, -0.1) is 0 Å². The van der Waals surface area contributed by atoms with Crippen molar-refractivity contribution in [3.63, 3.8) is 0 Å². The van der Waals surface area contributed by atoms with Crippen LogP contribution >= 0.6 is 0 Å². The average molecular weight is 334 g/mol. The van der Waals surface area contributed by atoms with Crippen molar-refractivity contribution in [3.8, 4) is 0 Å². The van der Waals surface area contributed by atoms with E-state index in [0.29, 0.717) is 16.5 Å². The van der Waals surface area contributed by atoms with E-state index in [4.69, 9.17) is 0 Å². The molecule has 0 aromatic heterocycles. The molecule has 1 aliphatic heterocycles. The molecule has 1 heterocycles. The largest absolute Gasteiger partial charge is 0.399 e. The van der Waals surface area contributed by atoms with E-state index in [1.54, 1.807) is 18.2 Å². The second-order valence-corrected chi connectivity index (χ2v) is 6.48. The van der Waals surface area contributed by atoms with Crippen molar-refractivity contribution >= 4 is 27.7 Å². The molecule has 0 atom stereocenters. The number of benzene rings is 2. The van der Waals surface area contributed by atoms with Gasteiger partial charge in [-0.1, -0.05) is 46.4 Å². The summed E-state index contributed by atoms with van der Waals surface area (Å²) in [5.74, 6) is -0.243. The van der Waals surface area contributed by atoms with Gasteiger partial charge in [-0.2, -0.15) is 8.42 Å². The Kier molecular flexibility index (Phi) is 4.04. The van der Waals surface area contributed by atoms with Crippen molar-refractivity contribution in [1.82, 2.24) is 0 Å². The van der Waals surface area contributed by atoms with Crippen molar-refractivity contribution < 1.29 is 17.1 Å². The maximum absolute atomic E-state index is 13.6. The fourth-order valence-corrected chi connectivity index (χ4v) is 3.35. The third-order valence-corrected chi connectivity index (χ3v) is 4.62. The van der Waals surface area contributed by atoms with E-state index >= 15 is 0 Å². The molecule has 0 aliphatic carbocycles. The predicted octanol–water partition coefficient (Wildman–Crippen LogP) is 2.64. The van der Waals surface area contributed by atoms with Crippen LogP contribution < -0.4 is 9.21 Å². The lowest BCUT2D eigenvalue weighted by Crippen LogP contribution is -2.30. The minimum absolute atomic E-state index is 0.0787. The molecule has 2 aromatic carbocycles. The van der Waals surface area contributed by atoms with Crippen LogP contribution in [-0.4, -0.2) is 20.9 Å². The van der Waals surface area contributed by atoms with Crippen molar-refractivity contribution in [2.45, 2.75) is 13.0 Å². The third-order valence-electron chi connectivity index (χ3n) is 3.72. The quantitative estimate of drug-likeness (QED) is 0.811. The maximum atomic E-state index is 13.6. The first-order valence-corrected chi connectivity index (χ1v) is 8.46. The first-order valence-electron chi connectivity index (χ1n) is 7.12. The fraction of sp³-hybridized carbons (Fsp3) is 0.188. The number of anilines is 2. The second-order valence-electron chi connectivity index (χ2n) is 5.22. The summed E-state index contributed by atoms with van der Waals surface area (Å²) in [6, 6.07) is 15.8. The molecular weight excluding hydrogens is 319 g/mol. The minimum atomic E-state index is -4.93. The van der Waals surface area contributed by atoms with Gasteiger partial charge in [0.2, 0.25) is 5.91 Å². The highest BCUT2D eigenvalue weighted by molar-refractivity contribution is 7.87. The Morgan fingerprint density at radius 3 is 2.22 bits per heavy atom. The molecule has 0 unspecified atom stereocenters. The normalized spacial score (nSPS) is 15.3. The van der Waals surface area contributed by atoms with E-state index in [2.05, 4.69) is 0 Å². The van der Waals surface area contributed by atoms with Crippen LogP contribution in [0.4, 0.5) is 15.3 Å². The van der Waals surface area contributed by atoms with Crippen LogP contribution in [0.5, 0.6) is 0 Å². The highest BCUT2D eigenvalue weighted by Crippen LogP contribution is 2.35. The van der Waals surface area contributed by atoms with Gasteiger partial charge in [0.1, 0.15) is 0 Å². The number of carbonyl (C=O) groups is 1. The molecule has 5 nitrogen and oxygen atoms in total. The molecule has 0 bridgehead atoms. The van der Waals surface area contributed by atoms with Gasteiger partial charge in [-0.05, 0) is 17.7 Å². The highest BCUT2D eigenvalue weighted by atomic mass is 32.3. The Morgan fingerprint density at radius 1 is 0.957 bits per heavy atom. The topological polar surface area (TPSA) is 57.7 Å². The lowest BCUT2D eigenvalue weighted by Gasteiger charge is -2.24. The van der Waals surface area contributed by atoms with Crippen LogP contribution in [0.25, 0.3) is 0 Å². The number of fused-ring (bicyclic) bond motifs is 1. The summed E-state index contributed by atoms with van der Waals surface area (Å²) in [5, 5.41) is 0. The number of hydrogen-bond donors (Lipinski definition) is 0. The molecule has 1 amide bonds. The molecule has 23 heavy (non-hydrogen) atoms. The Morgan fingerprint density at radius 2 is 1.57 bits per heavy atom. The van der Waals surface area contributed by atoms with Gasteiger partial charge in [0.25, 0.3) is 0 Å². The van der Waals surface area contributed by atoms with Gasteiger partial charge in [0, 0.05) is 13.0 Å². The van der Waals surface area contributed by atoms with Crippen molar-refractivity contribution in [2.75, 3.05) is 15.7 Å². The summed E-state index contributed by atoms with van der Waals surface area (Å²) in [7, 11) is -4.93. The summed E-state index contributed by atoms with van der Waals surface area (Å²) >= 11 is 0. The third kappa shape index (κ3) is 3.19. The number of carbonyl (C=O) groups excluding carboxylic acids is 1. The molecule has 0 saturated carbocycles. The lowest BCUT2D eigenvalue weighted by molar-refractivity contribution is -0.118. The summed E-state index contributed by atoms with van der Waals surface area (Å²) in [5.41, 5.74) is 1.48. The zero-order valence-corrected chi connectivity index (χ0v) is 13.0. The minimum Gasteiger partial charge on any atom is -0.306 e. The summed E-state index contributed by atoms with van der Waals surface area (Å²) < 4.78 is 37.0. The molecule has 1 aliphatic rings. The Hall–Kier alpha value is -2.41. The SMILES string of the molecule is O=C1CCN(S(=O)(=O)F)c2ccccc2N1Cc1ccccc1.